The van der Waals surface area contributed by atoms with E-state index in [1.54, 1.807) is 0 Å². The van der Waals surface area contributed by atoms with Crippen molar-refractivity contribution in [2.75, 3.05) is 6.61 Å². The lowest BCUT2D eigenvalue weighted by atomic mass is 9.89. The Labute approximate surface area is 148 Å². The molecule has 0 N–H and O–H groups in total. The second-order valence-corrected chi connectivity index (χ2v) is 5.28. The highest BCUT2D eigenvalue weighted by Gasteiger charge is 2.93. The standard InChI is InChI=1S/C11H6F16O2/c1-3(28)29-2-5(14,15)7(18,19)9(22,23)11(26,27)10(24,25)8(20,21)6(16,17)4(12)13/h4H,2H2,1H3. The molecule has 0 radical (unpaired) electrons. The molecule has 0 unspecified atom stereocenters. The van der Waals surface area contributed by atoms with Gasteiger partial charge in [-0.2, -0.15) is 61.5 Å². The number of carbonyl (C=O) groups excluding carboxylic acids is 1. The SMILES string of the molecule is CC(=O)OCC(F)(F)C(F)(F)C(F)(F)C(F)(F)C(F)(F)C(F)(F)C(F)(F)C(F)F. The summed E-state index contributed by atoms with van der Waals surface area (Å²) in [5.41, 5.74) is 0. The predicted molar refractivity (Wildman–Crippen MR) is 57.3 cm³/mol. The molecule has 0 amide bonds. The van der Waals surface area contributed by atoms with Crippen LogP contribution in [-0.2, 0) is 9.53 Å². The molecule has 0 aliphatic heterocycles. The second kappa shape index (κ2) is 7.24. The third kappa shape index (κ3) is 3.77. The maximum Gasteiger partial charge on any atom is 0.385 e. The zero-order valence-electron chi connectivity index (χ0n) is 13.1. The highest BCUT2D eigenvalue weighted by Crippen LogP contribution is 2.62. The van der Waals surface area contributed by atoms with E-state index < -0.39 is 60.5 Å². The predicted octanol–water partition coefficient (Wildman–Crippen LogP) is 5.26. The van der Waals surface area contributed by atoms with E-state index in [9.17, 15) is 75.0 Å². The van der Waals surface area contributed by atoms with Gasteiger partial charge in [-0.05, 0) is 0 Å². The maximum atomic E-state index is 13.2. The van der Waals surface area contributed by atoms with Crippen molar-refractivity contribution in [1.29, 1.82) is 0 Å². The number of hydrogen-bond donors (Lipinski definition) is 0. The van der Waals surface area contributed by atoms with E-state index in [0.29, 0.717) is 0 Å². The van der Waals surface area contributed by atoms with Gasteiger partial charge in [0.2, 0.25) is 0 Å². The Morgan fingerprint density at radius 3 is 1.28 bits per heavy atom. The van der Waals surface area contributed by atoms with Gasteiger partial charge in [0.25, 0.3) is 0 Å². The first kappa shape index (κ1) is 27.4. The Hall–Kier alpha value is -1.65. The molecule has 0 aromatic carbocycles. The van der Waals surface area contributed by atoms with Crippen molar-refractivity contribution in [2.45, 2.75) is 54.8 Å². The average Bonchev–Trinajstić information content (AvgIpc) is 2.51. The minimum atomic E-state index is -8.45. The number of alkyl halides is 16. The number of carbonyl (C=O) groups is 1. The van der Waals surface area contributed by atoms with Crippen LogP contribution in [0.1, 0.15) is 6.92 Å². The van der Waals surface area contributed by atoms with Crippen molar-refractivity contribution in [3.63, 3.8) is 0 Å². The van der Waals surface area contributed by atoms with E-state index in [1.165, 1.54) is 0 Å². The Morgan fingerprint density at radius 1 is 0.655 bits per heavy atom. The lowest BCUT2D eigenvalue weighted by Crippen LogP contribution is -2.74. The lowest BCUT2D eigenvalue weighted by Gasteiger charge is -2.42. The van der Waals surface area contributed by atoms with Crippen molar-refractivity contribution in [1.82, 2.24) is 0 Å². The minimum absolute atomic E-state index is 0.210. The molecule has 18 heteroatoms. The largest absolute Gasteiger partial charge is 0.459 e. The maximum absolute atomic E-state index is 13.2. The molecule has 0 bridgehead atoms. The summed E-state index contributed by atoms with van der Waals surface area (Å²) in [6, 6.07) is 0. The van der Waals surface area contributed by atoms with Gasteiger partial charge in [0.05, 0.1) is 0 Å². The topological polar surface area (TPSA) is 26.3 Å². The van der Waals surface area contributed by atoms with Crippen LogP contribution in [0.25, 0.3) is 0 Å². The highest BCUT2D eigenvalue weighted by atomic mass is 19.4. The summed E-state index contributed by atoms with van der Waals surface area (Å²) in [5, 5.41) is 0. The van der Waals surface area contributed by atoms with Gasteiger partial charge in [-0.3, -0.25) is 4.79 Å². The van der Waals surface area contributed by atoms with Gasteiger partial charge >= 0.3 is 53.9 Å². The smallest absolute Gasteiger partial charge is 0.385 e. The molecule has 174 valence electrons. The molecule has 0 fully saturated rings. The van der Waals surface area contributed by atoms with Crippen LogP contribution < -0.4 is 0 Å². The molecule has 0 aromatic rings. The Morgan fingerprint density at radius 2 is 0.966 bits per heavy atom. The van der Waals surface area contributed by atoms with Gasteiger partial charge in [-0.15, -0.1) is 0 Å². The first-order valence-electron chi connectivity index (χ1n) is 6.42. The van der Waals surface area contributed by atoms with Crippen LogP contribution in [0, 0.1) is 0 Å². The monoisotopic (exact) mass is 474 g/mol. The summed E-state index contributed by atoms with van der Waals surface area (Å²) in [5.74, 6) is -57.0. The quantitative estimate of drug-likeness (QED) is 0.337. The number of halogens is 16. The Kier molecular flexibility index (Phi) is 6.83. The molecule has 0 aliphatic rings. The van der Waals surface area contributed by atoms with Crippen LogP contribution in [0.15, 0.2) is 0 Å². The number of ether oxygens (including phenoxy) is 1. The molecule has 0 atom stereocenters. The third-order valence-electron chi connectivity index (χ3n) is 3.19. The second-order valence-electron chi connectivity index (χ2n) is 5.28. The first-order valence-corrected chi connectivity index (χ1v) is 6.42. The zero-order valence-corrected chi connectivity index (χ0v) is 13.1. The van der Waals surface area contributed by atoms with Crippen LogP contribution in [0.5, 0.6) is 0 Å². The molecular formula is C11H6F16O2. The fraction of sp³-hybridized carbons (Fsp3) is 0.909. The van der Waals surface area contributed by atoms with Crippen molar-refractivity contribution < 1.29 is 79.8 Å². The van der Waals surface area contributed by atoms with Crippen molar-refractivity contribution in [3.8, 4) is 0 Å². The molecule has 0 rings (SSSR count). The van der Waals surface area contributed by atoms with Gasteiger partial charge in [-0.1, -0.05) is 0 Å². The number of hydrogen-bond acceptors (Lipinski definition) is 2. The first-order chi connectivity index (χ1) is 12.4. The summed E-state index contributed by atoms with van der Waals surface area (Å²) in [7, 11) is 0. The third-order valence-corrected chi connectivity index (χ3v) is 3.19. The van der Waals surface area contributed by atoms with Crippen LogP contribution in [0.2, 0.25) is 0 Å². The fourth-order valence-corrected chi connectivity index (χ4v) is 1.45. The molecule has 0 heterocycles. The summed E-state index contributed by atoms with van der Waals surface area (Å²) in [4.78, 5) is 10.2. The normalized spacial score (nSPS) is 15.7. The van der Waals surface area contributed by atoms with Crippen molar-refractivity contribution in [3.05, 3.63) is 0 Å². The molecule has 0 aromatic heterocycles. The van der Waals surface area contributed by atoms with Gasteiger partial charge in [0.1, 0.15) is 0 Å². The van der Waals surface area contributed by atoms with Crippen LogP contribution in [-0.4, -0.2) is 60.5 Å². The Balaban J connectivity index is 6.48. The fourth-order valence-electron chi connectivity index (χ4n) is 1.45. The zero-order chi connectivity index (χ0) is 24.1. The van der Waals surface area contributed by atoms with E-state index in [-0.39, 0.29) is 6.92 Å². The molecule has 0 saturated heterocycles. The molecule has 0 spiro atoms. The van der Waals surface area contributed by atoms with Crippen molar-refractivity contribution in [2.24, 2.45) is 0 Å². The molecule has 29 heavy (non-hydrogen) atoms. The van der Waals surface area contributed by atoms with Crippen LogP contribution in [0.4, 0.5) is 70.2 Å². The van der Waals surface area contributed by atoms with E-state index in [1.807, 2.05) is 0 Å². The van der Waals surface area contributed by atoms with Gasteiger partial charge in [0.15, 0.2) is 6.61 Å². The summed E-state index contributed by atoms with van der Waals surface area (Å²) >= 11 is 0. The van der Waals surface area contributed by atoms with E-state index in [0.717, 1.165) is 0 Å². The number of esters is 1. The Bertz CT molecular complexity index is 610. The van der Waals surface area contributed by atoms with E-state index >= 15 is 0 Å². The molecule has 2 nitrogen and oxygen atoms in total. The van der Waals surface area contributed by atoms with Gasteiger partial charge < -0.3 is 4.74 Å². The summed E-state index contributed by atoms with van der Waals surface area (Å²) in [6.45, 7) is -2.95. The molecule has 0 aliphatic carbocycles. The van der Waals surface area contributed by atoms with Gasteiger partial charge in [0, 0.05) is 6.92 Å². The number of rotatable bonds is 9. The highest BCUT2D eigenvalue weighted by molar-refractivity contribution is 5.65. The van der Waals surface area contributed by atoms with Crippen LogP contribution in [0.3, 0.4) is 0 Å². The van der Waals surface area contributed by atoms with E-state index in [2.05, 4.69) is 4.74 Å². The summed E-state index contributed by atoms with van der Waals surface area (Å²) in [6.07, 6.45) is -5.89. The molecular weight excluding hydrogens is 468 g/mol. The van der Waals surface area contributed by atoms with Crippen molar-refractivity contribution >= 4 is 5.97 Å². The minimum Gasteiger partial charge on any atom is -0.459 e. The summed E-state index contributed by atoms with van der Waals surface area (Å²) < 4.78 is 209. The average molecular weight is 474 g/mol. The molecule has 0 saturated carbocycles. The van der Waals surface area contributed by atoms with Crippen LogP contribution >= 0.6 is 0 Å². The van der Waals surface area contributed by atoms with E-state index in [4.69, 9.17) is 0 Å². The van der Waals surface area contributed by atoms with Gasteiger partial charge in [-0.25, -0.2) is 8.78 Å². The lowest BCUT2D eigenvalue weighted by molar-refractivity contribution is -0.447.